The minimum Gasteiger partial charge on any atom is -0.434 e. The van der Waals surface area contributed by atoms with Crippen molar-refractivity contribution in [3.63, 3.8) is 0 Å². The van der Waals surface area contributed by atoms with Gasteiger partial charge in [-0.15, -0.1) is 0 Å². The average Bonchev–Trinajstić information content (AvgIpc) is 1.85. The Kier molecular flexibility index (Phi) is 4.33. The Morgan fingerprint density at radius 3 is 2.78 bits per heavy atom. The van der Waals surface area contributed by atoms with Crippen molar-refractivity contribution in [1.82, 2.24) is 0 Å². The maximum atomic E-state index is 10.3. The first kappa shape index (κ1) is 7.83. The molecule has 0 aromatic carbocycles. The number of ether oxygens (including phenoxy) is 2. The van der Waals surface area contributed by atoms with Crippen LogP contribution in [0, 0.1) is 12.0 Å². The van der Waals surface area contributed by atoms with Crippen LogP contribution in [-0.2, 0) is 9.47 Å². The van der Waals surface area contributed by atoms with E-state index in [-0.39, 0.29) is 0 Å². The Hall–Kier alpha value is -1.17. The molecule has 0 radical (unpaired) electrons. The van der Waals surface area contributed by atoms with Gasteiger partial charge in [0.2, 0.25) is 0 Å². The van der Waals surface area contributed by atoms with Crippen LogP contribution in [0.1, 0.15) is 13.8 Å². The molecule has 0 aromatic rings. The van der Waals surface area contributed by atoms with Gasteiger partial charge in [0.15, 0.2) is 0 Å². The molecule has 0 unspecified atom stereocenters. The third-order valence-electron chi connectivity index (χ3n) is 0.499. The van der Waals surface area contributed by atoms with Crippen LogP contribution < -0.4 is 0 Å². The van der Waals surface area contributed by atoms with Crippen LogP contribution in [0.2, 0.25) is 0 Å². The Labute approximate surface area is 54.0 Å². The van der Waals surface area contributed by atoms with E-state index < -0.39 is 6.16 Å². The van der Waals surface area contributed by atoms with Gasteiger partial charge in [-0.3, -0.25) is 0 Å². The first-order valence-corrected chi connectivity index (χ1v) is 2.56. The fraction of sp³-hybridized carbons (Fsp3) is 0.500. The molecule has 0 N–H and O–H groups in total. The maximum absolute atomic E-state index is 10.3. The average molecular weight is 128 g/mol. The van der Waals surface area contributed by atoms with E-state index in [4.69, 9.17) is 0 Å². The number of rotatable bonds is 1. The SMILES string of the molecule is CC#COC(=O)OCC. The molecular weight excluding hydrogens is 120 g/mol. The highest BCUT2D eigenvalue weighted by Crippen LogP contribution is 1.80. The lowest BCUT2D eigenvalue weighted by Crippen LogP contribution is -2.02. The van der Waals surface area contributed by atoms with Crippen LogP contribution >= 0.6 is 0 Å². The number of carbonyl (C=O) groups is 1. The Bertz CT molecular complexity index is 140. The van der Waals surface area contributed by atoms with Gasteiger partial charge in [-0.25, -0.2) is 4.79 Å². The van der Waals surface area contributed by atoms with Crippen LogP contribution in [-0.4, -0.2) is 12.8 Å². The molecular formula is C6H8O3. The summed E-state index contributed by atoms with van der Waals surface area (Å²) in [5.74, 6) is 2.38. The van der Waals surface area contributed by atoms with Crippen molar-refractivity contribution < 1.29 is 14.3 Å². The number of carbonyl (C=O) groups excluding carboxylic acids is 1. The van der Waals surface area contributed by atoms with Crippen molar-refractivity contribution in [2.45, 2.75) is 13.8 Å². The molecule has 0 amide bonds. The molecule has 0 aliphatic heterocycles. The zero-order chi connectivity index (χ0) is 7.11. The van der Waals surface area contributed by atoms with Crippen molar-refractivity contribution >= 4 is 6.16 Å². The summed E-state index contributed by atoms with van der Waals surface area (Å²) in [6.07, 6.45) is 1.36. The topological polar surface area (TPSA) is 35.5 Å². The summed E-state index contributed by atoms with van der Waals surface area (Å²) in [6.45, 7) is 3.57. The van der Waals surface area contributed by atoms with Gasteiger partial charge in [0.1, 0.15) is 6.11 Å². The Balaban J connectivity index is 3.35. The fourth-order valence-electron chi connectivity index (χ4n) is 0.240. The van der Waals surface area contributed by atoms with E-state index in [1.807, 2.05) is 0 Å². The quantitative estimate of drug-likeness (QED) is 0.392. The molecule has 0 spiro atoms. The van der Waals surface area contributed by atoms with Crippen molar-refractivity contribution in [2.75, 3.05) is 6.61 Å². The van der Waals surface area contributed by atoms with E-state index in [1.54, 1.807) is 13.8 Å². The minimum absolute atomic E-state index is 0.310. The Morgan fingerprint density at radius 1 is 1.67 bits per heavy atom. The highest BCUT2D eigenvalue weighted by molar-refractivity contribution is 5.61. The Morgan fingerprint density at radius 2 is 2.33 bits per heavy atom. The van der Waals surface area contributed by atoms with Crippen molar-refractivity contribution in [3.05, 3.63) is 0 Å². The molecule has 0 aliphatic rings. The molecule has 50 valence electrons. The van der Waals surface area contributed by atoms with Crippen molar-refractivity contribution in [1.29, 1.82) is 0 Å². The lowest BCUT2D eigenvalue weighted by atomic mass is 10.8. The van der Waals surface area contributed by atoms with Gasteiger partial charge in [0.05, 0.1) is 6.61 Å². The molecule has 0 saturated carbocycles. The van der Waals surface area contributed by atoms with Crippen LogP contribution in [0.5, 0.6) is 0 Å². The second kappa shape index (κ2) is 4.98. The molecule has 3 nitrogen and oxygen atoms in total. The molecule has 0 aliphatic carbocycles. The van der Waals surface area contributed by atoms with E-state index >= 15 is 0 Å². The smallest absolute Gasteiger partial charge is 0.434 e. The molecule has 0 fully saturated rings. The van der Waals surface area contributed by atoms with Crippen LogP contribution in [0.25, 0.3) is 0 Å². The van der Waals surface area contributed by atoms with Gasteiger partial charge in [-0.05, 0) is 6.92 Å². The molecule has 0 atom stereocenters. The maximum Gasteiger partial charge on any atom is 0.522 e. The third kappa shape index (κ3) is 4.69. The molecule has 0 saturated heterocycles. The lowest BCUT2D eigenvalue weighted by Gasteiger charge is -1.93. The lowest BCUT2D eigenvalue weighted by molar-refractivity contribution is 0.0950. The summed E-state index contributed by atoms with van der Waals surface area (Å²) >= 11 is 0. The fourth-order valence-corrected chi connectivity index (χ4v) is 0.240. The van der Waals surface area contributed by atoms with Crippen LogP contribution in [0.15, 0.2) is 0 Å². The second-order valence-corrected chi connectivity index (χ2v) is 1.14. The van der Waals surface area contributed by atoms with Crippen LogP contribution in [0.4, 0.5) is 4.79 Å². The zero-order valence-electron chi connectivity index (χ0n) is 5.43. The van der Waals surface area contributed by atoms with E-state index in [2.05, 4.69) is 21.5 Å². The van der Waals surface area contributed by atoms with E-state index in [0.29, 0.717) is 6.61 Å². The number of hydrogen-bond acceptors (Lipinski definition) is 3. The highest BCUT2D eigenvalue weighted by Gasteiger charge is 1.96. The molecule has 0 aromatic heterocycles. The largest absolute Gasteiger partial charge is 0.522 e. The normalized spacial score (nSPS) is 6.89. The second-order valence-electron chi connectivity index (χ2n) is 1.14. The molecule has 0 rings (SSSR count). The molecule has 0 bridgehead atoms. The van der Waals surface area contributed by atoms with Gasteiger partial charge in [0, 0.05) is 6.92 Å². The minimum atomic E-state index is -0.744. The van der Waals surface area contributed by atoms with Gasteiger partial charge in [-0.1, -0.05) is 5.92 Å². The highest BCUT2D eigenvalue weighted by atomic mass is 16.7. The summed E-state index contributed by atoms with van der Waals surface area (Å²) in [5, 5.41) is 0. The summed E-state index contributed by atoms with van der Waals surface area (Å²) in [5.41, 5.74) is 0. The van der Waals surface area contributed by atoms with Gasteiger partial charge >= 0.3 is 6.16 Å². The van der Waals surface area contributed by atoms with Gasteiger partial charge in [0.25, 0.3) is 0 Å². The van der Waals surface area contributed by atoms with Crippen LogP contribution in [0.3, 0.4) is 0 Å². The van der Waals surface area contributed by atoms with E-state index in [0.717, 1.165) is 0 Å². The van der Waals surface area contributed by atoms with E-state index in [9.17, 15) is 4.79 Å². The van der Waals surface area contributed by atoms with Gasteiger partial charge < -0.3 is 9.47 Å². The van der Waals surface area contributed by atoms with Crippen molar-refractivity contribution in [2.24, 2.45) is 0 Å². The molecule has 3 heteroatoms. The summed E-state index contributed by atoms with van der Waals surface area (Å²) in [6, 6.07) is 0. The number of hydrogen-bond donors (Lipinski definition) is 0. The van der Waals surface area contributed by atoms with Gasteiger partial charge in [-0.2, -0.15) is 0 Å². The molecule has 9 heavy (non-hydrogen) atoms. The monoisotopic (exact) mass is 128 g/mol. The third-order valence-corrected chi connectivity index (χ3v) is 0.499. The summed E-state index contributed by atoms with van der Waals surface area (Å²) in [4.78, 5) is 10.3. The zero-order valence-corrected chi connectivity index (χ0v) is 5.43. The summed E-state index contributed by atoms with van der Waals surface area (Å²) < 4.78 is 8.59. The standard InChI is InChI=1S/C6H8O3/c1-3-5-9-6(7)8-4-2/h4H2,1-2H3. The first-order valence-electron chi connectivity index (χ1n) is 2.56. The van der Waals surface area contributed by atoms with E-state index in [1.165, 1.54) is 0 Å². The van der Waals surface area contributed by atoms with Crippen molar-refractivity contribution in [3.8, 4) is 12.0 Å². The predicted octanol–water partition coefficient (Wildman–Crippen LogP) is 1.14. The predicted molar refractivity (Wildman–Crippen MR) is 31.6 cm³/mol. The summed E-state index contributed by atoms with van der Waals surface area (Å²) in [7, 11) is 0. The molecule has 0 heterocycles. The first-order chi connectivity index (χ1) is 4.31.